The van der Waals surface area contributed by atoms with Crippen molar-refractivity contribution in [1.82, 2.24) is 4.90 Å². The number of hydrogen-bond donors (Lipinski definition) is 1. The van der Waals surface area contributed by atoms with Gasteiger partial charge in [-0.15, -0.1) is 0 Å². The van der Waals surface area contributed by atoms with Gasteiger partial charge in [-0.05, 0) is 26.0 Å². The highest BCUT2D eigenvalue weighted by atomic mass is 32.2. The molecule has 4 nitrogen and oxygen atoms in total. The molecule has 5 heteroatoms. The maximum absolute atomic E-state index is 12.0. The smallest absolute Gasteiger partial charge is 0.329 e. The molecule has 1 heterocycles. The average molecular weight is 245 g/mol. The van der Waals surface area contributed by atoms with E-state index in [4.69, 9.17) is 0 Å². The van der Waals surface area contributed by atoms with Crippen molar-refractivity contribution < 1.29 is 14.7 Å². The predicted octanol–water partition coefficient (Wildman–Crippen LogP) is 1.59. The first-order valence-electron chi connectivity index (χ1n) is 5.48. The van der Waals surface area contributed by atoms with E-state index in [2.05, 4.69) is 0 Å². The third kappa shape index (κ3) is 2.51. The molecule has 2 atom stereocenters. The molecule has 16 heavy (non-hydrogen) atoms. The number of hydrogen-bond acceptors (Lipinski definition) is 3. The van der Waals surface area contributed by atoms with E-state index in [1.807, 2.05) is 13.2 Å². The van der Waals surface area contributed by atoms with Gasteiger partial charge in [0.2, 0.25) is 5.91 Å². The van der Waals surface area contributed by atoms with Crippen LogP contribution in [0.2, 0.25) is 0 Å². The van der Waals surface area contributed by atoms with E-state index < -0.39 is 11.5 Å². The van der Waals surface area contributed by atoms with E-state index in [0.717, 1.165) is 6.42 Å². The SMILES string of the molecule is CSC(C)CC(=O)N1CCCC1(C)C(=O)O. The van der Waals surface area contributed by atoms with Crippen molar-refractivity contribution in [2.45, 2.75) is 43.9 Å². The Kier molecular flexibility index (Phi) is 4.24. The fraction of sp³-hybridized carbons (Fsp3) is 0.818. The van der Waals surface area contributed by atoms with Crippen LogP contribution in [0.1, 0.15) is 33.1 Å². The van der Waals surface area contributed by atoms with Crippen LogP contribution in [0.5, 0.6) is 0 Å². The van der Waals surface area contributed by atoms with E-state index in [1.165, 1.54) is 4.90 Å². The second-order valence-electron chi connectivity index (χ2n) is 4.48. The molecule has 0 aromatic heterocycles. The van der Waals surface area contributed by atoms with Crippen LogP contribution < -0.4 is 0 Å². The summed E-state index contributed by atoms with van der Waals surface area (Å²) in [5, 5.41) is 9.43. The highest BCUT2D eigenvalue weighted by Crippen LogP contribution is 2.30. The summed E-state index contributed by atoms with van der Waals surface area (Å²) >= 11 is 1.63. The number of carbonyl (C=O) groups excluding carboxylic acids is 1. The Morgan fingerprint density at radius 3 is 2.69 bits per heavy atom. The summed E-state index contributed by atoms with van der Waals surface area (Å²) < 4.78 is 0. The first-order chi connectivity index (χ1) is 7.41. The molecule has 2 unspecified atom stereocenters. The minimum atomic E-state index is -0.991. The maximum atomic E-state index is 12.0. The zero-order chi connectivity index (χ0) is 12.3. The van der Waals surface area contributed by atoms with Crippen molar-refractivity contribution in [3.63, 3.8) is 0 Å². The summed E-state index contributed by atoms with van der Waals surface area (Å²) in [6, 6.07) is 0. The van der Waals surface area contributed by atoms with Crippen molar-refractivity contribution in [1.29, 1.82) is 0 Å². The molecule has 0 bridgehead atoms. The molecule has 0 radical (unpaired) electrons. The van der Waals surface area contributed by atoms with Crippen LogP contribution in [0.3, 0.4) is 0 Å². The largest absolute Gasteiger partial charge is 0.480 e. The third-order valence-electron chi connectivity index (χ3n) is 3.27. The van der Waals surface area contributed by atoms with Crippen LogP contribution in [0.15, 0.2) is 0 Å². The fourth-order valence-electron chi connectivity index (χ4n) is 2.02. The summed E-state index contributed by atoms with van der Waals surface area (Å²) in [5.41, 5.74) is -0.991. The van der Waals surface area contributed by atoms with Gasteiger partial charge in [0.25, 0.3) is 0 Å². The van der Waals surface area contributed by atoms with Gasteiger partial charge in [0, 0.05) is 18.2 Å². The highest BCUT2D eigenvalue weighted by molar-refractivity contribution is 7.99. The zero-order valence-corrected chi connectivity index (χ0v) is 10.8. The molecule has 0 aliphatic carbocycles. The van der Waals surface area contributed by atoms with Gasteiger partial charge in [0.15, 0.2) is 0 Å². The Labute approximate surface area is 100 Å². The minimum Gasteiger partial charge on any atom is -0.480 e. The van der Waals surface area contributed by atoms with Crippen molar-refractivity contribution >= 4 is 23.6 Å². The number of carboxylic acid groups (broad SMARTS) is 1. The summed E-state index contributed by atoms with van der Waals surface area (Å²) in [5.74, 6) is -0.931. The summed E-state index contributed by atoms with van der Waals surface area (Å²) in [6.07, 6.45) is 3.71. The van der Waals surface area contributed by atoms with Gasteiger partial charge in [-0.2, -0.15) is 11.8 Å². The number of likely N-dealkylation sites (tertiary alicyclic amines) is 1. The van der Waals surface area contributed by atoms with Crippen LogP contribution in [0.4, 0.5) is 0 Å². The summed E-state index contributed by atoms with van der Waals surface area (Å²) in [4.78, 5) is 24.7. The molecule has 1 N–H and O–H groups in total. The molecule has 0 aromatic carbocycles. The second kappa shape index (κ2) is 5.08. The fourth-order valence-corrected chi connectivity index (χ4v) is 2.33. The maximum Gasteiger partial charge on any atom is 0.329 e. The van der Waals surface area contributed by atoms with Crippen LogP contribution in [0.25, 0.3) is 0 Å². The zero-order valence-electron chi connectivity index (χ0n) is 10.0. The van der Waals surface area contributed by atoms with E-state index in [1.54, 1.807) is 18.7 Å². The van der Waals surface area contributed by atoms with Gasteiger partial charge in [-0.3, -0.25) is 4.79 Å². The molecule has 1 fully saturated rings. The Morgan fingerprint density at radius 1 is 1.56 bits per heavy atom. The Hall–Kier alpha value is -0.710. The van der Waals surface area contributed by atoms with Crippen LogP contribution >= 0.6 is 11.8 Å². The lowest BCUT2D eigenvalue weighted by Gasteiger charge is -2.31. The molecule has 0 spiro atoms. The van der Waals surface area contributed by atoms with Crippen molar-refractivity contribution in [2.75, 3.05) is 12.8 Å². The van der Waals surface area contributed by atoms with E-state index in [9.17, 15) is 14.7 Å². The first kappa shape index (κ1) is 13.4. The number of carboxylic acids is 1. The van der Waals surface area contributed by atoms with Gasteiger partial charge in [0.05, 0.1) is 0 Å². The van der Waals surface area contributed by atoms with E-state index in [-0.39, 0.29) is 11.2 Å². The molecule has 0 saturated carbocycles. The molecular weight excluding hydrogens is 226 g/mol. The molecule has 1 aliphatic heterocycles. The predicted molar refractivity (Wildman–Crippen MR) is 64.6 cm³/mol. The molecule has 92 valence electrons. The highest BCUT2D eigenvalue weighted by Gasteiger charge is 2.45. The lowest BCUT2D eigenvalue weighted by atomic mass is 9.99. The quantitative estimate of drug-likeness (QED) is 0.817. The summed E-state index contributed by atoms with van der Waals surface area (Å²) in [6.45, 7) is 4.20. The van der Waals surface area contributed by atoms with Crippen LogP contribution in [0, 0.1) is 0 Å². The first-order valence-corrected chi connectivity index (χ1v) is 6.77. The monoisotopic (exact) mass is 245 g/mol. The van der Waals surface area contributed by atoms with Gasteiger partial charge in [-0.25, -0.2) is 4.79 Å². The van der Waals surface area contributed by atoms with Crippen LogP contribution in [-0.4, -0.2) is 45.5 Å². The Balaban J connectivity index is 2.72. The van der Waals surface area contributed by atoms with Crippen molar-refractivity contribution in [3.8, 4) is 0 Å². The lowest BCUT2D eigenvalue weighted by Crippen LogP contribution is -2.51. The number of carbonyl (C=O) groups is 2. The Morgan fingerprint density at radius 2 is 2.19 bits per heavy atom. The van der Waals surface area contributed by atoms with Gasteiger partial charge >= 0.3 is 5.97 Å². The molecule has 1 saturated heterocycles. The number of aliphatic carboxylic acids is 1. The normalized spacial score (nSPS) is 26.8. The lowest BCUT2D eigenvalue weighted by molar-refractivity contribution is -0.155. The number of nitrogens with zero attached hydrogens (tertiary/aromatic N) is 1. The molecule has 1 amide bonds. The third-order valence-corrected chi connectivity index (χ3v) is 4.24. The summed E-state index contributed by atoms with van der Waals surface area (Å²) in [7, 11) is 0. The molecule has 1 aliphatic rings. The second-order valence-corrected chi connectivity index (χ2v) is 5.75. The van der Waals surface area contributed by atoms with Crippen LogP contribution in [-0.2, 0) is 9.59 Å². The number of amides is 1. The molecule has 0 aromatic rings. The van der Waals surface area contributed by atoms with Gasteiger partial charge in [-0.1, -0.05) is 6.92 Å². The van der Waals surface area contributed by atoms with Crippen molar-refractivity contribution in [2.24, 2.45) is 0 Å². The number of thioether (sulfide) groups is 1. The minimum absolute atomic E-state index is 0.0377. The van der Waals surface area contributed by atoms with E-state index in [0.29, 0.717) is 19.4 Å². The number of rotatable bonds is 4. The molecule has 1 rings (SSSR count). The Bertz CT molecular complexity index is 295. The average Bonchev–Trinajstić information content (AvgIpc) is 2.61. The van der Waals surface area contributed by atoms with Crippen molar-refractivity contribution in [3.05, 3.63) is 0 Å². The van der Waals surface area contributed by atoms with Gasteiger partial charge in [0.1, 0.15) is 5.54 Å². The standard InChI is InChI=1S/C11H19NO3S/c1-8(16-3)7-9(13)12-6-4-5-11(12,2)10(14)15/h8H,4-7H2,1-3H3,(H,14,15). The molecular formula is C11H19NO3S. The van der Waals surface area contributed by atoms with E-state index >= 15 is 0 Å². The van der Waals surface area contributed by atoms with Gasteiger partial charge < -0.3 is 10.0 Å². The topological polar surface area (TPSA) is 57.6 Å².